The first kappa shape index (κ1) is 27.9. The third kappa shape index (κ3) is 5.81. The van der Waals surface area contributed by atoms with E-state index in [2.05, 4.69) is 15.0 Å². The average molecular weight is 566 g/mol. The standard InChI is InChI=1S/C28H28FN5O7/c1-16-32-23(30)22-24(33-16)34(15-31-22)25-21(29)11-20(41-25)14-40-28(26(35)36,27(37)38)12-17-7-9-19(10-8-17)39-13-18-5-3-2-4-6-18/h2-10,15,20-21,25H,11-14H2,1H3,(H,35,36)(H,37,38)(H2,30,32,33). The molecule has 1 aliphatic rings. The van der Waals surface area contributed by atoms with Crippen LogP contribution in [0, 0.1) is 6.92 Å². The van der Waals surface area contributed by atoms with Gasteiger partial charge in [0.25, 0.3) is 5.60 Å². The van der Waals surface area contributed by atoms with Gasteiger partial charge in [0.1, 0.15) is 29.9 Å². The molecular formula is C28H28FN5O7. The molecule has 0 amide bonds. The maximum absolute atomic E-state index is 15.1. The monoisotopic (exact) mass is 565 g/mol. The highest BCUT2D eigenvalue weighted by Gasteiger charge is 2.50. The van der Waals surface area contributed by atoms with Crippen molar-refractivity contribution in [1.29, 1.82) is 0 Å². The van der Waals surface area contributed by atoms with E-state index in [4.69, 9.17) is 19.9 Å². The normalized spacial score (nSPS) is 18.9. The van der Waals surface area contributed by atoms with Crippen molar-refractivity contribution < 1.29 is 38.4 Å². The summed E-state index contributed by atoms with van der Waals surface area (Å²) in [7, 11) is 0. The molecule has 2 aromatic heterocycles. The number of anilines is 1. The van der Waals surface area contributed by atoms with Crippen LogP contribution in [0.1, 0.15) is 29.6 Å². The van der Waals surface area contributed by atoms with Crippen LogP contribution in [0.2, 0.25) is 0 Å². The zero-order chi connectivity index (χ0) is 29.1. The highest BCUT2D eigenvalue weighted by Crippen LogP contribution is 2.35. The number of hydrogen-bond acceptors (Lipinski definition) is 9. The number of nitrogens with zero attached hydrogens (tertiary/aromatic N) is 4. The topological polar surface area (TPSA) is 172 Å². The van der Waals surface area contributed by atoms with Crippen LogP contribution in [0.25, 0.3) is 11.2 Å². The van der Waals surface area contributed by atoms with E-state index < -0.39 is 49.1 Å². The van der Waals surface area contributed by atoms with Crippen molar-refractivity contribution >= 4 is 28.9 Å². The van der Waals surface area contributed by atoms with Crippen molar-refractivity contribution in [2.75, 3.05) is 12.3 Å². The smallest absolute Gasteiger partial charge is 0.348 e. The molecule has 0 bridgehead atoms. The summed E-state index contributed by atoms with van der Waals surface area (Å²) in [5, 5.41) is 19.9. The molecule has 1 aliphatic heterocycles. The van der Waals surface area contributed by atoms with Crippen LogP contribution in [0.3, 0.4) is 0 Å². The predicted molar refractivity (Wildman–Crippen MR) is 143 cm³/mol. The average Bonchev–Trinajstić information content (AvgIpc) is 3.53. The lowest BCUT2D eigenvalue weighted by Crippen LogP contribution is -2.52. The molecule has 1 fully saturated rings. The minimum atomic E-state index is -2.62. The van der Waals surface area contributed by atoms with Gasteiger partial charge in [-0.25, -0.2) is 28.9 Å². The molecule has 4 N–H and O–H groups in total. The Labute approximate surface area is 233 Å². The number of carboxylic acids is 2. The summed E-state index contributed by atoms with van der Waals surface area (Å²) < 4.78 is 33.5. The summed E-state index contributed by atoms with van der Waals surface area (Å²) in [5.74, 6) is -2.34. The molecule has 5 rings (SSSR count). The van der Waals surface area contributed by atoms with Gasteiger partial charge in [-0.15, -0.1) is 0 Å². The first-order chi connectivity index (χ1) is 19.7. The van der Waals surface area contributed by atoms with Gasteiger partial charge >= 0.3 is 11.9 Å². The largest absolute Gasteiger partial charge is 0.489 e. The number of carbonyl (C=O) groups is 2. The summed E-state index contributed by atoms with van der Waals surface area (Å²) in [6.45, 7) is 1.50. The van der Waals surface area contributed by atoms with Gasteiger partial charge in [-0.05, 0) is 30.2 Å². The molecule has 0 spiro atoms. The van der Waals surface area contributed by atoms with Gasteiger partial charge in [-0.1, -0.05) is 42.5 Å². The number of aliphatic carboxylic acids is 2. The van der Waals surface area contributed by atoms with E-state index in [-0.39, 0.29) is 17.9 Å². The van der Waals surface area contributed by atoms with E-state index in [1.54, 1.807) is 31.2 Å². The first-order valence-electron chi connectivity index (χ1n) is 12.8. The minimum Gasteiger partial charge on any atom is -0.489 e. The number of hydrogen-bond donors (Lipinski definition) is 3. The van der Waals surface area contributed by atoms with E-state index in [0.717, 1.165) is 5.56 Å². The molecule has 214 valence electrons. The third-order valence-electron chi connectivity index (χ3n) is 6.80. The molecule has 1 saturated heterocycles. The molecule has 13 heteroatoms. The van der Waals surface area contributed by atoms with Crippen LogP contribution >= 0.6 is 0 Å². The molecule has 3 heterocycles. The summed E-state index contributed by atoms with van der Waals surface area (Å²) >= 11 is 0. The second-order valence-corrected chi connectivity index (χ2v) is 9.72. The van der Waals surface area contributed by atoms with Gasteiger partial charge in [-0.3, -0.25) is 4.57 Å². The van der Waals surface area contributed by atoms with Gasteiger partial charge in [-0.2, -0.15) is 0 Å². The number of aromatic nitrogens is 4. The van der Waals surface area contributed by atoms with Gasteiger partial charge < -0.3 is 30.2 Å². The van der Waals surface area contributed by atoms with Gasteiger partial charge in [0.15, 0.2) is 17.7 Å². The highest BCUT2D eigenvalue weighted by molar-refractivity contribution is 6.02. The molecule has 0 radical (unpaired) electrons. The van der Waals surface area contributed by atoms with Gasteiger partial charge in [0.05, 0.1) is 19.0 Å². The number of carboxylic acid groups (broad SMARTS) is 2. The number of aryl methyl sites for hydroxylation is 1. The van der Waals surface area contributed by atoms with Crippen LogP contribution in [-0.4, -0.2) is 66.2 Å². The molecule has 3 unspecified atom stereocenters. The highest BCUT2D eigenvalue weighted by atomic mass is 19.1. The number of halogens is 1. The van der Waals surface area contributed by atoms with Crippen molar-refractivity contribution in [3.8, 4) is 5.75 Å². The Balaban J connectivity index is 1.26. The number of ether oxygens (including phenoxy) is 3. The summed E-state index contributed by atoms with van der Waals surface area (Å²) in [6.07, 6.45) is -2.90. The fourth-order valence-corrected chi connectivity index (χ4v) is 4.67. The van der Waals surface area contributed by atoms with Crippen molar-refractivity contribution in [3.63, 3.8) is 0 Å². The molecule has 12 nitrogen and oxygen atoms in total. The van der Waals surface area contributed by atoms with Crippen molar-refractivity contribution in [1.82, 2.24) is 19.5 Å². The Morgan fingerprint density at radius 2 is 1.80 bits per heavy atom. The summed E-state index contributed by atoms with van der Waals surface area (Å²) in [4.78, 5) is 36.9. The number of nitrogens with two attached hydrogens (primary N) is 1. The second kappa shape index (κ2) is 11.5. The summed E-state index contributed by atoms with van der Waals surface area (Å²) in [6, 6.07) is 15.9. The minimum absolute atomic E-state index is 0.142. The zero-order valence-electron chi connectivity index (χ0n) is 22.0. The molecular weight excluding hydrogens is 537 g/mol. The Hall–Kier alpha value is -4.62. The van der Waals surface area contributed by atoms with Crippen LogP contribution < -0.4 is 10.5 Å². The van der Waals surface area contributed by atoms with E-state index >= 15 is 4.39 Å². The fraction of sp³-hybridized carbons (Fsp3) is 0.321. The van der Waals surface area contributed by atoms with Crippen LogP contribution in [0.4, 0.5) is 10.2 Å². The first-order valence-corrected chi connectivity index (χ1v) is 12.8. The number of rotatable bonds is 11. The maximum atomic E-state index is 15.1. The number of benzene rings is 2. The van der Waals surface area contributed by atoms with Crippen molar-refractivity contribution in [3.05, 3.63) is 77.9 Å². The van der Waals surface area contributed by atoms with Crippen molar-refractivity contribution in [2.45, 2.75) is 50.5 Å². The van der Waals surface area contributed by atoms with Crippen LogP contribution in [0.5, 0.6) is 5.75 Å². The lowest BCUT2D eigenvalue weighted by Gasteiger charge is -2.27. The number of alkyl halides is 1. The second-order valence-electron chi connectivity index (χ2n) is 9.72. The molecule has 0 aliphatic carbocycles. The number of nitrogen functional groups attached to an aromatic ring is 1. The van der Waals surface area contributed by atoms with E-state index in [0.29, 0.717) is 29.3 Å². The molecule has 3 atom stereocenters. The van der Waals surface area contributed by atoms with E-state index in [1.807, 2.05) is 30.3 Å². The Bertz CT molecular complexity index is 1530. The molecule has 4 aromatic rings. The van der Waals surface area contributed by atoms with Gasteiger partial charge in [0.2, 0.25) is 0 Å². The van der Waals surface area contributed by atoms with E-state index in [9.17, 15) is 19.8 Å². The Morgan fingerprint density at radius 1 is 1.10 bits per heavy atom. The number of fused-ring (bicyclic) bond motifs is 1. The lowest BCUT2D eigenvalue weighted by molar-refractivity contribution is -0.188. The Morgan fingerprint density at radius 3 is 2.49 bits per heavy atom. The quantitative estimate of drug-likeness (QED) is 0.228. The lowest BCUT2D eigenvalue weighted by atomic mass is 9.94. The molecule has 2 aromatic carbocycles. The van der Waals surface area contributed by atoms with E-state index in [1.165, 1.54) is 10.9 Å². The van der Waals surface area contributed by atoms with Crippen molar-refractivity contribution in [2.24, 2.45) is 0 Å². The number of imidazole rings is 1. The SMILES string of the molecule is Cc1nc(N)c2ncn(C3OC(COC(Cc4ccc(OCc5ccccc5)cc4)(C(=O)O)C(=O)O)CC3F)c2n1. The zero-order valence-corrected chi connectivity index (χ0v) is 22.0. The fourth-order valence-electron chi connectivity index (χ4n) is 4.67. The Kier molecular flexibility index (Phi) is 7.81. The molecule has 41 heavy (non-hydrogen) atoms. The van der Waals surface area contributed by atoms with Crippen LogP contribution in [0.15, 0.2) is 60.9 Å². The van der Waals surface area contributed by atoms with Gasteiger partial charge in [0, 0.05) is 12.8 Å². The van der Waals surface area contributed by atoms with Crippen LogP contribution in [-0.2, 0) is 32.1 Å². The predicted octanol–water partition coefficient (Wildman–Crippen LogP) is 3.09. The summed E-state index contributed by atoms with van der Waals surface area (Å²) in [5.41, 5.74) is 5.21. The molecule has 0 saturated carbocycles. The maximum Gasteiger partial charge on any atom is 0.348 e. The third-order valence-corrected chi connectivity index (χ3v) is 6.80.